The molecule has 1 saturated heterocycles. The molecule has 146 valence electrons. The van der Waals surface area contributed by atoms with E-state index in [2.05, 4.69) is 9.80 Å². The standard InChI is InChI=1S/C21H28FN3O2/c22-19-10-15(20(26)23-27)9-14-5-8-24(11-18(14)19)17-3-6-21(7-4-17)12-25(13-21)16-1-2-16/h9-10,16-17,27H,1-8,11-13H2,(H,23,26). The van der Waals surface area contributed by atoms with Crippen LogP contribution in [0, 0.1) is 11.2 Å². The van der Waals surface area contributed by atoms with Crippen molar-refractivity contribution < 1.29 is 14.4 Å². The van der Waals surface area contributed by atoms with Gasteiger partial charge in [0.2, 0.25) is 0 Å². The van der Waals surface area contributed by atoms with Gasteiger partial charge in [-0.1, -0.05) is 0 Å². The van der Waals surface area contributed by atoms with E-state index in [0.717, 1.165) is 30.1 Å². The maximum absolute atomic E-state index is 14.6. The summed E-state index contributed by atoms with van der Waals surface area (Å²) in [6.45, 7) is 4.16. The number of hydrogen-bond donors (Lipinski definition) is 2. The second kappa shape index (κ2) is 6.54. The van der Waals surface area contributed by atoms with Crippen LogP contribution in [-0.4, -0.2) is 52.6 Å². The number of carbonyl (C=O) groups excluding carboxylic acids is 1. The van der Waals surface area contributed by atoms with Crippen molar-refractivity contribution in [2.75, 3.05) is 19.6 Å². The zero-order valence-corrected chi connectivity index (χ0v) is 15.7. The number of halogens is 1. The molecule has 6 heteroatoms. The van der Waals surface area contributed by atoms with Crippen LogP contribution in [0.25, 0.3) is 0 Å². The highest BCUT2D eigenvalue weighted by Gasteiger charge is 2.49. The first kappa shape index (κ1) is 17.6. The first-order chi connectivity index (χ1) is 13.1. The molecule has 27 heavy (non-hydrogen) atoms. The molecule has 2 aliphatic carbocycles. The number of fused-ring (bicyclic) bond motifs is 1. The summed E-state index contributed by atoms with van der Waals surface area (Å²) in [4.78, 5) is 16.7. The minimum Gasteiger partial charge on any atom is -0.299 e. The number of nitrogens with one attached hydrogen (secondary N) is 1. The summed E-state index contributed by atoms with van der Waals surface area (Å²) in [6, 6.07) is 4.41. The van der Waals surface area contributed by atoms with E-state index >= 15 is 0 Å². The van der Waals surface area contributed by atoms with E-state index in [1.165, 1.54) is 57.7 Å². The molecule has 0 aromatic heterocycles. The average Bonchev–Trinajstić information content (AvgIpc) is 3.50. The van der Waals surface area contributed by atoms with Gasteiger partial charge in [-0.3, -0.25) is 19.8 Å². The number of benzene rings is 1. The molecule has 2 aliphatic heterocycles. The number of rotatable bonds is 3. The fraction of sp³-hybridized carbons (Fsp3) is 0.667. The van der Waals surface area contributed by atoms with Gasteiger partial charge in [-0.2, -0.15) is 0 Å². The van der Waals surface area contributed by atoms with Gasteiger partial charge in [0.25, 0.3) is 5.91 Å². The molecule has 1 amide bonds. The van der Waals surface area contributed by atoms with Gasteiger partial charge in [-0.25, -0.2) is 9.87 Å². The Morgan fingerprint density at radius 2 is 1.81 bits per heavy atom. The van der Waals surface area contributed by atoms with E-state index in [0.29, 0.717) is 18.0 Å². The van der Waals surface area contributed by atoms with E-state index in [1.54, 1.807) is 11.5 Å². The smallest absolute Gasteiger partial charge is 0.274 e. The van der Waals surface area contributed by atoms with Crippen LogP contribution < -0.4 is 5.48 Å². The number of hydrogen-bond acceptors (Lipinski definition) is 4. The highest BCUT2D eigenvalue weighted by atomic mass is 19.1. The zero-order valence-electron chi connectivity index (χ0n) is 15.7. The first-order valence-corrected chi connectivity index (χ1v) is 10.3. The number of nitrogens with zero attached hydrogens (tertiary/aromatic N) is 2. The Hall–Kier alpha value is -1.50. The SMILES string of the molecule is O=C(NO)c1cc(F)c2c(c1)CCN(C1CCC3(CC1)CN(C1CC1)C3)C2. The van der Waals surface area contributed by atoms with Crippen LogP contribution in [0.3, 0.4) is 0 Å². The Balaban J connectivity index is 1.22. The van der Waals surface area contributed by atoms with Gasteiger partial charge in [-0.05, 0) is 68.1 Å². The Morgan fingerprint density at radius 1 is 1.11 bits per heavy atom. The molecule has 2 N–H and O–H groups in total. The van der Waals surface area contributed by atoms with E-state index < -0.39 is 5.91 Å². The van der Waals surface area contributed by atoms with Gasteiger partial charge in [0, 0.05) is 49.4 Å². The Bertz CT molecular complexity index is 748. The summed E-state index contributed by atoms with van der Waals surface area (Å²) >= 11 is 0. The largest absolute Gasteiger partial charge is 0.299 e. The van der Waals surface area contributed by atoms with Crippen molar-refractivity contribution in [3.8, 4) is 0 Å². The van der Waals surface area contributed by atoms with Crippen LogP contribution in [0.15, 0.2) is 12.1 Å². The minimum absolute atomic E-state index is 0.187. The minimum atomic E-state index is -0.655. The maximum Gasteiger partial charge on any atom is 0.274 e. The molecule has 5 nitrogen and oxygen atoms in total. The first-order valence-electron chi connectivity index (χ1n) is 10.3. The lowest BCUT2D eigenvalue weighted by Gasteiger charge is -2.55. The van der Waals surface area contributed by atoms with Crippen molar-refractivity contribution in [3.05, 3.63) is 34.6 Å². The van der Waals surface area contributed by atoms with Crippen molar-refractivity contribution in [2.24, 2.45) is 5.41 Å². The van der Waals surface area contributed by atoms with Crippen LogP contribution >= 0.6 is 0 Å². The lowest BCUT2D eigenvalue weighted by Crippen LogP contribution is -2.59. The van der Waals surface area contributed by atoms with E-state index in [4.69, 9.17) is 5.21 Å². The molecule has 3 fully saturated rings. The molecule has 5 rings (SSSR count). The second-order valence-corrected chi connectivity index (χ2v) is 9.12. The molecule has 2 heterocycles. The normalized spacial score (nSPS) is 25.9. The summed E-state index contributed by atoms with van der Waals surface area (Å²) in [5, 5.41) is 8.78. The topological polar surface area (TPSA) is 55.8 Å². The summed E-state index contributed by atoms with van der Waals surface area (Å²) in [5.41, 5.74) is 3.97. The molecule has 0 unspecified atom stereocenters. The second-order valence-electron chi connectivity index (χ2n) is 9.12. The molecule has 1 aromatic carbocycles. The summed E-state index contributed by atoms with van der Waals surface area (Å²) in [5.74, 6) is -0.986. The van der Waals surface area contributed by atoms with E-state index in [9.17, 15) is 9.18 Å². The molecule has 1 spiro atoms. The van der Waals surface area contributed by atoms with E-state index in [1.807, 2.05) is 0 Å². The fourth-order valence-corrected chi connectivity index (χ4v) is 5.56. The number of amides is 1. The summed E-state index contributed by atoms with van der Waals surface area (Å²) in [7, 11) is 0. The molecule has 2 saturated carbocycles. The molecule has 0 atom stereocenters. The van der Waals surface area contributed by atoms with Crippen molar-refractivity contribution in [2.45, 2.75) is 63.6 Å². The van der Waals surface area contributed by atoms with Crippen LogP contribution in [0.5, 0.6) is 0 Å². The highest BCUT2D eigenvalue weighted by Crippen LogP contribution is 2.48. The van der Waals surface area contributed by atoms with Crippen LogP contribution in [-0.2, 0) is 13.0 Å². The zero-order chi connectivity index (χ0) is 18.6. The quantitative estimate of drug-likeness (QED) is 0.632. The van der Waals surface area contributed by atoms with Crippen molar-refractivity contribution >= 4 is 5.91 Å². The van der Waals surface area contributed by atoms with E-state index in [-0.39, 0.29) is 11.4 Å². The monoisotopic (exact) mass is 373 g/mol. The van der Waals surface area contributed by atoms with Gasteiger partial charge in [-0.15, -0.1) is 0 Å². The molecule has 0 bridgehead atoms. The lowest BCUT2D eigenvalue weighted by atomic mass is 9.67. The predicted octanol–water partition coefficient (Wildman–Crippen LogP) is 2.71. The van der Waals surface area contributed by atoms with Crippen molar-refractivity contribution in [1.29, 1.82) is 0 Å². The van der Waals surface area contributed by atoms with Gasteiger partial charge in [0.1, 0.15) is 5.82 Å². The average molecular weight is 373 g/mol. The number of hydroxylamine groups is 1. The van der Waals surface area contributed by atoms with Gasteiger partial charge in [0.05, 0.1) is 0 Å². The Morgan fingerprint density at radius 3 is 2.48 bits per heavy atom. The third-order valence-electron chi connectivity index (χ3n) is 7.35. The van der Waals surface area contributed by atoms with Gasteiger partial charge in [0.15, 0.2) is 0 Å². The predicted molar refractivity (Wildman–Crippen MR) is 99.1 cm³/mol. The third-order valence-corrected chi connectivity index (χ3v) is 7.35. The molecule has 1 aromatic rings. The van der Waals surface area contributed by atoms with Crippen molar-refractivity contribution in [3.63, 3.8) is 0 Å². The maximum atomic E-state index is 14.6. The lowest BCUT2D eigenvalue weighted by molar-refractivity contribution is -0.0513. The molecular formula is C21H28FN3O2. The summed E-state index contributed by atoms with van der Waals surface area (Å²) < 4.78 is 14.6. The highest BCUT2D eigenvalue weighted by molar-refractivity contribution is 5.93. The molecule has 0 radical (unpaired) electrons. The molecule has 4 aliphatic rings. The van der Waals surface area contributed by atoms with Crippen LogP contribution in [0.4, 0.5) is 4.39 Å². The van der Waals surface area contributed by atoms with Crippen LogP contribution in [0.2, 0.25) is 0 Å². The number of carbonyl (C=O) groups is 1. The molecular weight excluding hydrogens is 345 g/mol. The Labute approximate surface area is 159 Å². The summed E-state index contributed by atoms with van der Waals surface area (Å²) in [6.07, 6.45) is 8.62. The number of likely N-dealkylation sites (tertiary alicyclic amines) is 1. The van der Waals surface area contributed by atoms with Crippen LogP contribution in [0.1, 0.15) is 60.0 Å². The Kier molecular flexibility index (Phi) is 4.26. The third kappa shape index (κ3) is 3.18. The fourth-order valence-electron chi connectivity index (χ4n) is 5.56. The van der Waals surface area contributed by atoms with Gasteiger partial charge >= 0.3 is 0 Å². The van der Waals surface area contributed by atoms with Gasteiger partial charge < -0.3 is 0 Å². The van der Waals surface area contributed by atoms with Crippen molar-refractivity contribution in [1.82, 2.24) is 15.3 Å².